The zero-order valence-electron chi connectivity index (χ0n) is 12.0. The first-order valence-electron chi connectivity index (χ1n) is 7.26. The van der Waals surface area contributed by atoms with Crippen LogP contribution in [-0.2, 0) is 10.8 Å². The second-order valence-corrected chi connectivity index (χ2v) is 7.11. The fourth-order valence-corrected chi connectivity index (χ4v) is 3.36. The Morgan fingerprint density at radius 2 is 2.21 bits per heavy atom. The van der Waals surface area contributed by atoms with Crippen molar-refractivity contribution in [1.29, 1.82) is 0 Å². The monoisotopic (exact) mass is 283 g/mol. The highest BCUT2D eigenvalue weighted by Gasteiger charge is 2.17. The molecule has 1 N–H and O–H groups in total. The van der Waals surface area contributed by atoms with Crippen molar-refractivity contribution in [3.8, 4) is 0 Å². The average molecular weight is 283 g/mol. The second kappa shape index (κ2) is 7.08. The zero-order valence-corrected chi connectivity index (χ0v) is 12.8. The third-order valence-corrected chi connectivity index (χ3v) is 4.72. The molecule has 5 heteroatoms. The van der Waals surface area contributed by atoms with Crippen molar-refractivity contribution in [2.45, 2.75) is 57.5 Å². The molecule has 2 unspecified atom stereocenters. The summed E-state index contributed by atoms with van der Waals surface area (Å²) in [5.41, 5.74) is 0. The molecular weight excluding hydrogens is 258 g/mol. The number of anilines is 1. The minimum Gasteiger partial charge on any atom is -0.353 e. The third-order valence-electron chi connectivity index (χ3n) is 3.91. The molecule has 4 nitrogen and oxygen atoms in total. The van der Waals surface area contributed by atoms with Crippen LogP contribution in [-0.4, -0.2) is 31.8 Å². The van der Waals surface area contributed by atoms with E-state index in [1.165, 1.54) is 32.1 Å². The first-order chi connectivity index (χ1) is 9.16. The molecule has 1 heterocycles. The van der Waals surface area contributed by atoms with Gasteiger partial charge in [0, 0.05) is 47.3 Å². The molecule has 0 aliphatic heterocycles. The quantitative estimate of drug-likeness (QED) is 0.873. The van der Waals surface area contributed by atoms with E-state index in [-0.39, 0.29) is 0 Å². The molecular formula is C14H25N3OS. The van der Waals surface area contributed by atoms with Crippen LogP contribution in [0.4, 0.5) is 5.95 Å². The van der Waals surface area contributed by atoms with E-state index in [1.54, 1.807) is 6.26 Å². The number of hydrogen-bond acceptors (Lipinski definition) is 3. The zero-order chi connectivity index (χ0) is 13.7. The number of nitrogens with zero attached hydrogens (tertiary/aromatic N) is 2. The van der Waals surface area contributed by atoms with E-state index >= 15 is 0 Å². The van der Waals surface area contributed by atoms with Gasteiger partial charge >= 0.3 is 0 Å². The lowest BCUT2D eigenvalue weighted by Crippen LogP contribution is -2.25. The van der Waals surface area contributed by atoms with E-state index in [2.05, 4.69) is 21.8 Å². The van der Waals surface area contributed by atoms with E-state index in [0.717, 1.165) is 18.1 Å². The summed E-state index contributed by atoms with van der Waals surface area (Å²) in [6.07, 6.45) is 13.1. The van der Waals surface area contributed by atoms with Crippen LogP contribution in [0.2, 0.25) is 0 Å². The van der Waals surface area contributed by atoms with Gasteiger partial charge in [0.25, 0.3) is 0 Å². The maximum absolute atomic E-state index is 11.2. The van der Waals surface area contributed by atoms with Gasteiger partial charge in [0.2, 0.25) is 5.95 Å². The predicted octanol–water partition coefficient (Wildman–Crippen LogP) is 2.96. The van der Waals surface area contributed by atoms with Crippen molar-refractivity contribution < 1.29 is 4.21 Å². The number of rotatable bonds is 6. The highest BCUT2D eigenvalue weighted by molar-refractivity contribution is 7.84. The Morgan fingerprint density at radius 3 is 2.89 bits per heavy atom. The first kappa shape index (κ1) is 14.6. The molecule has 19 heavy (non-hydrogen) atoms. The van der Waals surface area contributed by atoms with Gasteiger partial charge < -0.3 is 9.88 Å². The van der Waals surface area contributed by atoms with E-state index in [1.807, 2.05) is 12.4 Å². The summed E-state index contributed by atoms with van der Waals surface area (Å²) in [6.45, 7) is 2.17. The van der Waals surface area contributed by atoms with E-state index in [0.29, 0.717) is 12.1 Å². The summed E-state index contributed by atoms with van der Waals surface area (Å²) in [5.74, 6) is 1.73. The van der Waals surface area contributed by atoms with Crippen LogP contribution in [0.5, 0.6) is 0 Å². The lowest BCUT2D eigenvalue weighted by Gasteiger charge is -2.25. The number of hydrogen-bond donors (Lipinski definition) is 1. The molecule has 0 amide bonds. The molecule has 0 saturated heterocycles. The van der Waals surface area contributed by atoms with E-state index < -0.39 is 10.8 Å². The molecule has 0 bridgehead atoms. The number of aromatic nitrogens is 2. The molecule has 1 aliphatic rings. The number of imidazole rings is 1. The largest absolute Gasteiger partial charge is 0.353 e. The summed E-state index contributed by atoms with van der Waals surface area (Å²) >= 11 is 0. The molecule has 1 saturated carbocycles. The van der Waals surface area contributed by atoms with Crippen molar-refractivity contribution in [3.63, 3.8) is 0 Å². The Labute approximate surface area is 118 Å². The summed E-state index contributed by atoms with van der Waals surface area (Å²) in [7, 11) is -0.715. The molecule has 2 atom stereocenters. The average Bonchev–Trinajstić information content (AvgIpc) is 2.85. The Morgan fingerprint density at radius 1 is 1.47 bits per heavy atom. The Hall–Kier alpha value is -0.840. The van der Waals surface area contributed by atoms with Crippen LogP contribution in [0.15, 0.2) is 12.4 Å². The smallest absolute Gasteiger partial charge is 0.203 e. The van der Waals surface area contributed by atoms with E-state index in [4.69, 9.17) is 0 Å². The van der Waals surface area contributed by atoms with Gasteiger partial charge in [-0.25, -0.2) is 4.98 Å². The Balaban J connectivity index is 1.94. The minimum atomic E-state index is -0.715. The number of nitrogens with one attached hydrogen (secondary N) is 1. The van der Waals surface area contributed by atoms with Gasteiger partial charge in [-0.3, -0.25) is 4.21 Å². The van der Waals surface area contributed by atoms with Crippen LogP contribution >= 0.6 is 0 Å². The summed E-state index contributed by atoms with van der Waals surface area (Å²) in [5, 5.41) is 3.57. The molecule has 0 radical (unpaired) electrons. The standard InChI is InChI=1S/C14H25N3OS/c1-12(8-11-19(2)18)17-10-9-15-14(17)16-13-6-4-3-5-7-13/h9-10,12-13H,3-8,11H2,1-2H3,(H,15,16). The van der Waals surface area contributed by atoms with E-state index in [9.17, 15) is 4.21 Å². The van der Waals surface area contributed by atoms with Crippen LogP contribution in [0.1, 0.15) is 51.5 Å². The van der Waals surface area contributed by atoms with Gasteiger partial charge in [-0.05, 0) is 26.2 Å². The summed E-state index contributed by atoms with van der Waals surface area (Å²) in [4.78, 5) is 4.43. The fraction of sp³-hybridized carbons (Fsp3) is 0.786. The molecule has 0 aromatic carbocycles. The normalized spacial score (nSPS) is 20.1. The lowest BCUT2D eigenvalue weighted by molar-refractivity contribution is 0.454. The van der Waals surface area contributed by atoms with Crippen molar-refractivity contribution in [2.75, 3.05) is 17.3 Å². The molecule has 0 spiro atoms. The van der Waals surface area contributed by atoms with Crippen molar-refractivity contribution >= 4 is 16.7 Å². The van der Waals surface area contributed by atoms with Crippen molar-refractivity contribution in [3.05, 3.63) is 12.4 Å². The van der Waals surface area contributed by atoms with Crippen LogP contribution in [0, 0.1) is 0 Å². The summed E-state index contributed by atoms with van der Waals surface area (Å²) < 4.78 is 13.4. The van der Waals surface area contributed by atoms with Crippen molar-refractivity contribution in [1.82, 2.24) is 9.55 Å². The lowest BCUT2D eigenvalue weighted by atomic mass is 9.96. The third kappa shape index (κ3) is 4.34. The van der Waals surface area contributed by atoms with Crippen molar-refractivity contribution in [2.24, 2.45) is 0 Å². The molecule has 2 rings (SSSR count). The fourth-order valence-electron chi connectivity index (χ4n) is 2.69. The van der Waals surface area contributed by atoms with Gasteiger partial charge in [0.15, 0.2) is 0 Å². The van der Waals surface area contributed by atoms with Gasteiger partial charge in [-0.15, -0.1) is 0 Å². The second-order valence-electron chi connectivity index (χ2n) is 5.55. The predicted molar refractivity (Wildman–Crippen MR) is 81.0 cm³/mol. The van der Waals surface area contributed by atoms with Crippen LogP contribution in [0.3, 0.4) is 0 Å². The molecule has 108 valence electrons. The highest BCUT2D eigenvalue weighted by atomic mass is 32.2. The minimum absolute atomic E-state index is 0.345. The topological polar surface area (TPSA) is 46.9 Å². The van der Waals surface area contributed by atoms with Gasteiger partial charge in [0.1, 0.15) is 0 Å². The molecule has 1 aromatic heterocycles. The van der Waals surface area contributed by atoms with Gasteiger partial charge in [-0.2, -0.15) is 0 Å². The molecule has 1 fully saturated rings. The van der Waals surface area contributed by atoms with Gasteiger partial charge in [-0.1, -0.05) is 19.3 Å². The maximum Gasteiger partial charge on any atom is 0.203 e. The van der Waals surface area contributed by atoms with Crippen LogP contribution < -0.4 is 5.32 Å². The summed E-state index contributed by atoms with van der Waals surface area (Å²) in [6, 6.07) is 0.917. The first-order valence-corrected chi connectivity index (χ1v) is 8.99. The molecule has 1 aliphatic carbocycles. The Bertz CT molecular complexity index is 413. The Kier molecular flexibility index (Phi) is 5.43. The van der Waals surface area contributed by atoms with Crippen LogP contribution in [0.25, 0.3) is 0 Å². The van der Waals surface area contributed by atoms with Gasteiger partial charge in [0.05, 0.1) is 0 Å². The highest BCUT2D eigenvalue weighted by Crippen LogP contribution is 2.23. The molecule has 1 aromatic rings. The SMILES string of the molecule is CC(CCS(C)=O)n1ccnc1NC1CCCCC1. The maximum atomic E-state index is 11.2.